The third kappa shape index (κ3) is 4.03. The second-order valence-corrected chi connectivity index (χ2v) is 5.38. The van der Waals surface area contributed by atoms with Crippen LogP contribution in [0.1, 0.15) is 38.3 Å². The molecule has 1 atom stereocenters. The van der Waals surface area contributed by atoms with Gasteiger partial charge in [0.05, 0.1) is 0 Å². The molecule has 1 aromatic rings. The Hall–Kier alpha value is -1.42. The van der Waals surface area contributed by atoms with Gasteiger partial charge in [-0.2, -0.15) is 0 Å². The number of carbonyl (C=O) groups is 1. The van der Waals surface area contributed by atoms with Crippen LogP contribution in [0.25, 0.3) is 0 Å². The van der Waals surface area contributed by atoms with Crippen LogP contribution < -0.4 is 5.32 Å². The fourth-order valence-electron chi connectivity index (χ4n) is 2.67. The second kappa shape index (κ2) is 6.66. The number of amides is 1. The van der Waals surface area contributed by atoms with Crippen molar-refractivity contribution in [3.8, 4) is 0 Å². The fourth-order valence-corrected chi connectivity index (χ4v) is 2.67. The van der Waals surface area contributed by atoms with Crippen LogP contribution in [0, 0.1) is 5.92 Å². The number of aromatic nitrogens is 1. The van der Waals surface area contributed by atoms with Crippen molar-refractivity contribution in [1.82, 2.24) is 15.2 Å². The summed E-state index contributed by atoms with van der Waals surface area (Å²) in [5, 5.41) is 2.92. The summed E-state index contributed by atoms with van der Waals surface area (Å²) in [4.78, 5) is 17.6. The Balaban J connectivity index is 1.81. The third-order valence-electron chi connectivity index (χ3n) is 4.00. The summed E-state index contributed by atoms with van der Waals surface area (Å²) in [5.41, 5.74) is 1.28. The zero-order chi connectivity index (χ0) is 13.7. The molecule has 1 aliphatic rings. The monoisotopic (exact) mass is 261 g/mol. The number of pyridine rings is 1. The van der Waals surface area contributed by atoms with E-state index >= 15 is 0 Å². The van der Waals surface area contributed by atoms with Crippen LogP contribution in [0.15, 0.2) is 24.5 Å². The highest BCUT2D eigenvalue weighted by Crippen LogP contribution is 2.25. The second-order valence-electron chi connectivity index (χ2n) is 5.38. The van der Waals surface area contributed by atoms with E-state index in [-0.39, 0.29) is 5.91 Å². The highest BCUT2D eigenvalue weighted by molar-refractivity contribution is 5.72. The van der Waals surface area contributed by atoms with Crippen LogP contribution >= 0.6 is 0 Å². The van der Waals surface area contributed by atoms with Crippen LogP contribution in [0.2, 0.25) is 0 Å². The molecule has 2 rings (SSSR count). The maximum atomic E-state index is 10.9. The summed E-state index contributed by atoms with van der Waals surface area (Å²) < 4.78 is 0. The molecule has 0 saturated carbocycles. The number of hydrogen-bond acceptors (Lipinski definition) is 3. The fraction of sp³-hybridized carbons (Fsp3) is 0.600. The van der Waals surface area contributed by atoms with Crippen LogP contribution in [-0.4, -0.2) is 35.4 Å². The smallest absolute Gasteiger partial charge is 0.216 e. The zero-order valence-electron chi connectivity index (χ0n) is 11.8. The predicted molar refractivity (Wildman–Crippen MR) is 75.6 cm³/mol. The number of piperidine rings is 1. The van der Waals surface area contributed by atoms with Crippen molar-refractivity contribution in [2.75, 3.05) is 19.6 Å². The summed E-state index contributed by atoms with van der Waals surface area (Å²) in [7, 11) is 0. The molecule has 0 unspecified atom stereocenters. The van der Waals surface area contributed by atoms with Gasteiger partial charge in [0, 0.05) is 31.9 Å². The summed E-state index contributed by atoms with van der Waals surface area (Å²) >= 11 is 0. The van der Waals surface area contributed by atoms with Gasteiger partial charge < -0.3 is 5.32 Å². The molecule has 1 N–H and O–H groups in total. The van der Waals surface area contributed by atoms with E-state index in [0.29, 0.717) is 12.0 Å². The molecule has 4 heteroatoms. The van der Waals surface area contributed by atoms with E-state index in [9.17, 15) is 4.79 Å². The molecule has 104 valence electrons. The molecule has 0 radical (unpaired) electrons. The molecule has 1 aliphatic heterocycles. The van der Waals surface area contributed by atoms with Gasteiger partial charge in [-0.25, -0.2) is 0 Å². The highest BCUT2D eigenvalue weighted by Gasteiger charge is 2.23. The number of rotatable bonds is 4. The number of hydrogen-bond donors (Lipinski definition) is 1. The maximum Gasteiger partial charge on any atom is 0.216 e. The van der Waals surface area contributed by atoms with Crippen LogP contribution in [0.5, 0.6) is 0 Å². The standard InChI is InChI=1S/C15H23N3O/c1-12(15-4-3-7-16-11-15)18-8-5-14(6-9-18)10-17-13(2)19/h3-4,7,11-12,14H,5-6,8-10H2,1-2H3,(H,17,19)/t12-/m0/s1. The number of carbonyl (C=O) groups excluding carboxylic acids is 1. The van der Waals surface area contributed by atoms with E-state index < -0.39 is 0 Å². The summed E-state index contributed by atoms with van der Waals surface area (Å²) in [6.45, 7) is 6.84. The van der Waals surface area contributed by atoms with Crippen molar-refractivity contribution >= 4 is 5.91 Å². The first kappa shape index (κ1) is 14.0. The molecule has 0 aromatic carbocycles. The van der Waals surface area contributed by atoms with Crippen molar-refractivity contribution in [3.63, 3.8) is 0 Å². The van der Waals surface area contributed by atoms with Gasteiger partial charge >= 0.3 is 0 Å². The minimum absolute atomic E-state index is 0.0751. The Morgan fingerprint density at radius 3 is 2.84 bits per heavy atom. The van der Waals surface area contributed by atoms with E-state index in [1.807, 2.05) is 18.5 Å². The Morgan fingerprint density at radius 1 is 1.53 bits per heavy atom. The summed E-state index contributed by atoms with van der Waals surface area (Å²) in [6.07, 6.45) is 6.08. The molecule has 2 heterocycles. The molecule has 1 fully saturated rings. The average Bonchev–Trinajstić information content (AvgIpc) is 2.46. The van der Waals surface area contributed by atoms with Crippen LogP contribution in [0.4, 0.5) is 0 Å². The zero-order valence-corrected chi connectivity index (χ0v) is 11.8. The molecule has 0 aliphatic carbocycles. The Bertz CT molecular complexity index is 399. The van der Waals surface area contributed by atoms with Gasteiger partial charge in [0.15, 0.2) is 0 Å². The van der Waals surface area contributed by atoms with E-state index in [4.69, 9.17) is 0 Å². The van der Waals surface area contributed by atoms with Crippen LogP contribution in [0.3, 0.4) is 0 Å². The van der Waals surface area contributed by atoms with Gasteiger partial charge in [-0.3, -0.25) is 14.7 Å². The molecule has 4 nitrogen and oxygen atoms in total. The molecule has 1 aromatic heterocycles. The first-order chi connectivity index (χ1) is 9.16. The van der Waals surface area contributed by atoms with Crippen molar-refractivity contribution < 1.29 is 4.79 Å². The van der Waals surface area contributed by atoms with Gasteiger partial charge in [-0.05, 0) is 50.4 Å². The normalized spacial score (nSPS) is 19.1. The highest BCUT2D eigenvalue weighted by atomic mass is 16.1. The van der Waals surface area contributed by atoms with E-state index in [2.05, 4.69) is 28.2 Å². The van der Waals surface area contributed by atoms with Gasteiger partial charge in [0.1, 0.15) is 0 Å². The number of likely N-dealkylation sites (tertiary alicyclic amines) is 1. The lowest BCUT2D eigenvalue weighted by Gasteiger charge is -2.36. The largest absolute Gasteiger partial charge is 0.356 e. The average molecular weight is 261 g/mol. The lowest BCUT2D eigenvalue weighted by molar-refractivity contribution is -0.119. The van der Waals surface area contributed by atoms with Crippen molar-refractivity contribution in [3.05, 3.63) is 30.1 Å². The third-order valence-corrected chi connectivity index (χ3v) is 4.00. The van der Waals surface area contributed by atoms with Gasteiger partial charge in [0.2, 0.25) is 5.91 Å². The maximum absolute atomic E-state index is 10.9. The first-order valence-electron chi connectivity index (χ1n) is 7.05. The summed E-state index contributed by atoms with van der Waals surface area (Å²) in [5.74, 6) is 0.701. The first-order valence-corrected chi connectivity index (χ1v) is 7.05. The van der Waals surface area contributed by atoms with Gasteiger partial charge in [-0.1, -0.05) is 6.07 Å². The molecule has 0 spiro atoms. The molecule has 1 saturated heterocycles. The van der Waals surface area contributed by atoms with Crippen molar-refractivity contribution in [2.24, 2.45) is 5.92 Å². The Kier molecular flexibility index (Phi) is 4.91. The molecule has 1 amide bonds. The number of nitrogens with zero attached hydrogens (tertiary/aromatic N) is 2. The van der Waals surface area contributed by atoms with Crippen molar-refractivity contribution in [1.29, 1.82) is 0 Å². The van der Waals surface area contributed by atoms with Gasteiger partial charge in [-0.15, -0.1) is 0 Å². The topological polar surface area (TPSA) is 45.2 Å². The molecule has 19 heavy (non-hydrogen) atoms. The lowest BCUT2D eigenvalue weighted by atomic mass is 9.95. The SMILES string of the molecule is CC(=O)NCC1CCN([C@@H](C)c2cccnc2)CC1. The lowest BCUT2D eigenvalue weighted by Crippen LogP contribution is -2.39. The molecule has 0 bridgehead atoms. The van der Waals surface area contributed by atoms with E-state index in [1.165, 1.54) is 5.56 Å². The number of nitrogens with one attached hydrogen (secondary N) is 1. The minimum atomic E-state index is 0.0751. The minimum Gasteiger partial charge on any atom is -0.356 e. The van der Waals surface area contributed by atoms with Crippen molar-refractivity contribution in [2.45, 2.75) is 32.7 Å². The summed E-state index contributed by atoms with van der Waals surface area (Å²) in [6, 6.07) is 4.56. The van der Waals surface area contributed by atoms with E-state index in [1.54, 1.807) is 6.92 Å². The van der Waals surface area contributed by atoms with Crippen LogP contribution in [-0.2, 0) is 4.79 Å². The Labute approximate surface area is 115 Å². The molecular formula is C15H23N3O. The van der Waals surface area contributed by atoms with Gasteiger partial charge in [0.25, 0.3) is 0 Å². The van der Waals surface area contributed by atoms with E-state index in [0.717, 1.165) is 32.5 Å². The predicted octanol–water partition coefficient (Wildman–Crippen LogP) is 1.99. The quantitative estimate of drug-likeness (QED) is 0.901. The Morgan fingerprint density at radius 2 is 2.26 bits per heavy atom. The molecular weight excluding hydrogens is 238 g/mol.